The Labute approximate surface area is 83.1 Å². The van der Waals surface area contributed by atoms with E-state index < -0.39 is 5.97 Å². The summed E-state index contributed by atoms with van der Waals surface area (Å²) in [6.07, 6.45) is 3.46. The van der Waals surface area contributed by atoms with E-state index in [1.807, 2.05) is 26.0 Å². The van der Waals surface area contributed by atoms with E-state index >= 15 is 0 Å². The third-order valence-corrected chi connectivity index (χ3v) is 1.86. The van der Waals surface area contributed by atoms with E-state index in [-0.39, 0.29) is 6.42 Å². The standard InChI is InChI=1S/C11H13NO2/c1-8-6-7-10(9(2)12-8)4-3-5-11(13)14/h3-4,6-7H,5H2,1-2H3,(H,13,14). The van der Waals surface area contributed by atoms with Crippen molar-refractivity contribution in [2.75, 3.05) is 0 Å². The second-order valence-corrected chi connectivity index (χ2v) is 3.13. The molecule has 1 N–H and O–H groups in total. The van der Waals surface area contributed by atoms with Gasteiger partial charge in [0.25, 0.3) is 0 Å². The number of hydrogen-bond donors (Lipinski definition) is 1. The SMILES string of the molecule is Cc1ccc(C=CCC(=O)O)c(C)n1. The van der Waals surface area contributed by atoms with Gasteiger partial charge in [-0.3, -0.25) is 9.78 Å². The third-order valence-electron chi connectivity index (χ3n) is 1.86. The highest BCUT2D eigenvalue weighted by Gasteiger charge is 1.96. The summed E-state index contributed by atoms with van der Waals surface area (Å²) in [5.74, 6) is -0.820. The first kappa shape index (κ1) is 10.4. The number of aryl methyl sites for hydroxylation is 2. The summed E-state index contributed by atoms with van der Waals surface area (Å²) < 4.78 is 0. The van der Waals surface area contributed by atoms with Gasteiger partial charge in [-0.15, -0.1) is 0 Å². The molecule has 0 fully saturated rings. The molecule has 0 aliphatic rings. The number of carbonyl (C=O) groups is 1. The summed E-state index contributed by atoms with van der Waals surface area (Å²) in [6, 6.07) is 3.85. The molecule has 1 heterocycles. The number of carboxylic acid groups (broad SMARTS) is 1. The molecular weight excluding hydrogens is 178 g/mol. The van der Waals surface area contributed by atoms with Gasteiger partial charge in [-0.2, -0.15) is 0 Å². The fourth-order valence-electron chi connectivity index (χ4n) is 1.16. The quantitative estimate of drug-likeness (QED) is 0.796. The molecule has 0 saturated carbocycles. The predicted molar refractivity (Wildman–Crippen MR) is 55.0 cm³/mol. The van der Waals surface area contributed by atoms with Gasteiger partial charge in [0.05, 0.1) is 6.42 Å². The van der Waals surface area contributed by atoms with Crippen LogP contribution in [0.15, 0.2) is 18.2 Å². The topological polar surface area (TPSA) is 50.2 Å². The largest absolute Gasteiger partial charge is 0.481 e. The van der Waals surface area contributed by atoms with Crippen LogP contribution in [-0.4, -0.2) is 16.1 Å². The minimum Gasteiger partial charge on any atom is -0.481 e. The van der Waals surface area contributed by atoms with Crippen molar-refractivity contribution in [3.8, 4) is 0 Å². The van der Waals surface area contributed by atoms with Gasteiger partial charge in [0, 0.05) is 11.4 Å². The minimum absolute atomic E-state index is 0.0489. The van der Waals surface area contributed by atoms with Crippen molar-refractivity contribution in [1.82, 2.24) is 4.98 Å². The molecule has 0 saturated heterocycles. The summed E-state index contributed by atoms with van der Waals surface area (Å²) in [6.45, 7) is 3.84. The maximum absolute atomic E-state index is 10.3. The Kier molecular flexibility index (Phi) is 3.40. The van der Waals surface area contributed by atoms with Gasteiger partial charge in [0.2, 0.25) is 0 Å². The lowest BCUT2D eigenvalue weighted by molar-refractivity contribution is -0.135. The van der Waals surface area contributed by atoms with Crippen LogP contribution in [0.4, 0.5) is 0 Å². The molecule has 3 heteroatoms. The Morgan fingerprint density at radius 2 is 2.21 bits per heavy atom. The average molecular weight is 191 g/mol. The van der Waals surface area contributed by atoms with Crippen molar-refractivity contribution in [1.29, 1.82) is 0 Å². The zero-order valence-corrected chi connectivity index (χ0v) is 8.32. The van der Waals surface area contributed by atoms with Crippen LogP contribution in [0.25, 0.3) is 6.08 Å². The van der Waals surface area contributed by atoms with E-state index in [1.165, 1.54) is 0 Å². The van der Waals surface area contributed by atoms with Gasteiger partial charge in [-0.05, 0) is 25.5 Å². The van der Waals surface area contributed by atoms with Crippen molar-refractivity contribution in [2.45, 2.75) is 20.3 Å². The van der Waals surface area contributed by atoms with Gasteiger partial charge in [0.15, 0.2) is 0 Å². The Bertz CT molecular complexity index is 370. The zero-order chi connectivity index (χ0) is 10.6. The second-order valence-electron chi connectivity index (χ2n) is 3.13. The molecule has 1 aromatic rings. The molecule has 3 nitrogen and oxygen atoms in total. The summed E-state index contributed by atoms with van der Waals surface area (Å²) in [4.78, 5) is 14.5. The number of carboxylic acids is 1. The molecule has 0 bridgehead atoms. The van der Waals surface area contributed by atoms with Gasteiger partial charge < -0.3 is 5.11 Å². The highest BCUT2D eigenvalue weighted by Crippen LogP contribution is 2.08. The maximum atomic E-state index is 10.3. The monoisotopic (exact) mass is 191 g/mol. The van der Waals surface area contributed by atoms with E-state index in [2.05, 4.69) is 4.98 Å². The average Bonchev–Trinajstić information content (AvgIpc) is 2.08. The normalized spacial score (nSPS) is 10.7. The van der Waals surface area contributed by atoms with Gasteiger partial charge in [-0.1, -0.05) is 18.2 Å². The summed E-state index contributed by atoms with van der Waals surface area (Å²) in [5, 5.41) is 8.44. The minimum atomic E-state index is -0.820. The number of pyridine rings is 1. The van der Waals surface area contributed by atoms with Crippen molar-refractivity contribution in [2.24, 2.45) is 0 Å². The van der Waals surface area contributed by atoms with Crippen LogP contribution in [0.2, 0.25) is 0 Å². The van der Waals surface area contributed by atoms with Gasteiger partial charge in [-0.25, -0.2) is 0 Å². The summed E-state index contributed by atoms with van der Waals surface area (Å²) in [5.41, 5.74) is 2.86. The fourth-order valence-corrected chi connectivity index (χ4v) is 1.16. The van der Waals surface area contributed by atoms with Crippen molar-refractivity contribution in [3.05, 3.63) is 35.2 Å². The summed E-state index contributed by atoms with van der Waals surface area (Å²) >= 11 is 0. The van der Waals surface area contributed by atoms with E-state index in [0.717, 1.165) is 17.0 Å². The number of nitrogens with zero attached hydrogens (tertiary/aromatic N) is 1. The molecule has 1 aromatic heterocycles. The zero-order valence-electron chi connectivity index (χ0n) is 8.32. The second kappa shape index (κ2) is 4.56. The molecule has 0 spiro atoms. The fraction of sp³-hybridized carbons (Fsp3) is 0.273. The smallest absolute Gasteiger partial charge is 0.307 e. The van der Waals surface area contributed by atoms with E-state index in [0.29, 0.717) is 0 Å². The number of rotatable bonds is 3. The molecule has 0 aromatic carbocycles. The molecule has 1 rings (SSSR count). The Morgan fingerprint density at radius 3 is 2.79 bits per heavy atom. The highest BCUT2D eigenvalue weighted by atomic mass is 16.4. The van der Waals surface area contributed by atoms with Crippen LogP contribution in [-0.2, 0) is 4.79 Å². The lowest BCUT2D eigenvalue weighted by Crippen LogP contribution is -1.91. The van der Waals surface area contributed by atoms with Gasteiger partial charge >= 0.3 is 5.97 Å². The van der Waals surface area contributed by atoms with Crippen molar-refractivity contribution >= 4 is 12.0 Å². The van der Waals surface area contributed by atoms with Crippen LogP contribution < -0.4 is 0 Å². The van der Waals surface area contributed by atoms with Crippen molar-refractivity contribution in [3.63, 3.8) is 0 Å². The van der Waals surface area contributed by atoms with Gasteiger partial charge in [0.1, 0.15) is 0 Å². The molecule has 0 radical (unpaired) electrons. The van der Waals surface area contributed by atoms with E-state index in [1.54, 1.807) is 12.2 Å². The first-order chi connectivity index (χ1) is 6.59. The lowest BCUT2D eigenvalue weighted by atomic mass is 10.1. The lowest BCUT2D eigenvalue weighted by Gasteiger charge is -1.99. The van der Waals surface area contributed by atoms with Crippen LogP contribution in [0.5, 0.6) is 0 Å². The van der Waals surface area contributed by atoms with Crippen molar-refractivity contribution < 1.29 is 9.90 Å². The molecule has 0 aliphatic heterocycles. The summed E-state index contributed by atoms with van der Waals surface area (Å²) in [7, 11) is 0. The molecule has 0 aliphatic carbocycles. The van der Waals surface area contributed by atoms with Crippen LogP contribution in [0.3, 0.4) is 0 Å². The molecule has 74 valence electrons. The van der Waals surface area contributed by atoms with Crippen LogP contribution in [0.1, 0.15) is 23.4 Å². The van der Waals surface area contributed by atoms with E-state index in [9.17, 15) is 4.79 Å². The highest BCUT2D eigenvalue weighted by molar-refractivity contribution is 5.70. The molecule has 14 heavy (non-hydrogen) atoms. The van der Waals surface area contributed by atoms with Crippen LogP contribution in [0, 0.1) is 13.8 Å². The Morgan fingerprint density at radius 1 is 1.50 bits per heavy atom. The third kappa shape index (κ3) is 3.01. The Balaban J connectivity index is 2.76. The predicted octanol–water partition coefficient (Wildman–Crippen LogP) is 2.19. The molecule has 0 unspecified atom stereocenters. The molecular formula is C11H13NO2. The first-order valence-corrected chi connectivity index (χ1v) is 4.42. The Hall–Kier alpha value is -1.64. The van der Waals surface area contributed by atoms with E-state index in [4.69, 9.17) is 5.11 Å². The number of hydrogen-bond acceptors (Lipinski definition) is 2. The number of aromatic nitrogens is 1. The number of aliphatic carboxylic acids is 1. The molecule has 0 amide bonds. The van der Waals surface area contributed by atoms with Crippen LogP contribution >= 0.6 is 0 Å². The molecule has 0 atom stereocenters. The first-order valence-electron chi connectivity index (χ1n) is 4.42. The maximum Gasteiger partial charge on any atom is 0.307 e.